The molecule has 1 saturated heterocycles. The normalized spacial score (nSPS) is 16.3. The molecule has 4 aromatic rings. The summed E-state index contributed by atoms with van der Waals surface area (Å²) in [5, 5.41) is 14.7. The maximum atomic E-state index is 13.0. The smallest absolute Gasteiger partial charge is 0.243 e. The SMILES string of the molecule is CCC(CN1CCN(S(=O)(=O)c2cccc(C#N)c2)CC1)n1cc(-c2ncnc3[nH]ccc23)cn1. The summed E-state index contributed by atoms with van der Waals surface area (Å²) in [5.41, 5.74) is 2.91. The molecule has 0 aliphatic carbocycles. The van der Waals surface area contributed by atoms with Crippen molar-refractivity contribution >= 4 is 21.1 Å². The second-order valence-electron chi connectivity index (χ2n) is 8.58. The highest BCUT2D eigenvalue weighted by molar-refractivity contribution is 7.89. The first kappa shape index (κ1) is 23.2. The monoisotopic (exact) mass is 490 g/mol. The average molecular weight is 491 g/mol. The van der Waals surface area contributed by atoms with E-state index in [4.69, 9.17) is 5.26 Å². The lowest BCUT2D eigenvalue weighted by Gasteiger charge is -2.35. The first-order valence-corrected chi connectivity index (χ1v) is 13.0. The number of aromatic amines is 1. The van der Waals surface area contributed by atoms with Gasteiger partial charge in [-0.15, -0.1) is 0 Å². The van der Waals surface area contributed by atoms with E-state index in [1.165, 1.54) is 10.4 Å². The lowest BCUT2D eigenvalue weighted by atomic mass is 10.1. The maximum absolute atomic E-state index is 13.0. The van der Waals surface area contributed by atoms with Crippen LogP contribution in [0.1, 0.15) is 24.9 Å². The summed E-state index contributed by atoms with van der Waals surface area (Å²) in [4.78, 5) is 14.3. The van der Waals surface area contributed by atoms with Crippen LogP contribution in [0.2, 0.25) is 0 Å². The van der Waals surface area contributed by atoms with E-state index in [1.54, 1.807) is 24.5 Å². The fraction of sp³-hybridized carbons (Fsp3) is 0.333. The van der Waals surface area contributed by atoms with Gasteiger partial charge in [0.15, 0.2) is 0 Å². The molecule has 0 amide bonds. The predicted molar refractivity (Wildman–Crippen MR) is 131 cm³/mol. The van der Waals surface area contributed by atoms with Gasteiger partial charge >= 0.3 is 0 Å². The number of nitrogens with one attached hydrogen (secondary N) is 1. The highest BCUT2D eigenvalue weighted by atomic mass is 32.2. The number of nitriles is 1. The van der Waals surface area contributed by atoms with Crippen molar-refractivity contribution in [1.29, 1.82) is 5.26 Å². The maximum Gasteiger partial charge on any atom is 0.243 e. The van der Waals surface area contributed by atoms with Gasteiger partial charge < -0.3 is 4.98 Å². The van der Waals surface area contributed by atoms with Gasteiger partial charge in [0.25, 0.3) is 0 Å². The summed E-state index contributed by atoms with van der Waals surface area (Å²) in [5.74, 6) is 0. The van der Waals surface area contributed by atoms with E-state index in [0.717, 1.165) is 35.3 Å². The van der Waals surface area contributed by atoms with Gasteiger partial charge in [0, 0.05) is 56.1 Å². The first-order chi connectivity index (χ1) is 17.0. The second kappa shape index (κ2) is 9.58. The third kappa shape index (κ3) is 4.55. The Hall–Kier alpha value is -3.59. The molecule has 1 unspecified atom stereocenters. The van der Waals surface area contributed by atoms with Gasteiger partial charge in [-0.2, -0.15) is 14.7 Å². The van der Waals surface area contributed by atoms with Gasteiger partial charge in [0.2, 0.25) is 10.0 Å². The summed E-state index contributed by atoms with van der Waals surface area (Å²) >= 11 is 0. The van der Waals surface area contributed by atoms with E-state index in [-0.39, 0.29) is 10.9 Å². The quantitative estimate of drug-likeness (QED) is 0.422. The lowest BCUT2D eigenvalue weighted by Crippen LogP contribution is -2.49. The zero-order chi connectivity index (χ0) is 24.4. The number of benzene rings is 1. The topological polar surface area (TPSA) is 124 Å². The van der Waals surface area contributed by atoms with Crippen LogP contribution in [0.4, 0.5) is 0 Å². The van der Waals surface area contributed by atoms with Crippen LogP contribution in [0, 0.1) is 11.3 Å². The Kier molecular flexibility index (Phi) is 6.34. The molecule has 1 fully saturated rings. The van der Waals surface area contributed by atoms with Crippen molar-refractivity contribution in [3.8, 4) is 17.3 Å². The summed E-state index contributed by atoms with van der Waals surface area (Å²) in [6.07, 6.45) is 8.14. The number of hydrogen-bond donors (Lipinski definition) is 1. The Labute approximate surface area is 203 Å². The molecule has 0 saturated carbocycles. The molecule has 1 N–H and O–H groups in total. The Morgan fingerprint density at radius 1 is 1.17 bits per heavy atom. The Morgan fingerprint density at radius 2 is 2.00 bits per heavy atom. The van der Waals surface area contributed by atoms with Crippen LogP contribution in [0.15, 0.2) is 60.1 Å². The molecule has 10 nitrogen and oxygen atoms in total. The van der Waals surface area contributed by atoms with Crippen molar-refractivity contribution in [2.24, 2.45) is 0 Å². The van der Waals surface area contributed by atoms with Crippen molar-refractivity contribution in [1.82, 2.24) is 33.9 Å². The van der Waals surface area contributed by atoms with Crippen molar-refractivity contribution < 1.29 is 8.42 Å². The minimum atomic E-state index is -3.62. The number of sulfonamides is 1. The number of hydrogen-bond acceptors (Lipinski definition) is 7. The summed E-state index contributed by atoms with van der Waals surface area (Å²) < 4.78 is 29.6. The highest BCUT2D eigenvalue weighted by Crippen LogP contribution is 2.26. The number of fused-ring (bicyclic) bond motifs is 1. The number of piperazine rings is 1. The third-order valence-electron chi connectivity index (χ3n) is 6.48. The Morgan fingerprint density at radius 3 is 2.77 bits per heavy atom. The standard InChI is InChI=1S/C24H26N8O2S/c1-2-20(32-15-19(14-29-32)23-22-6-7-26-24(22)28-17-27-23)16-30-8-10-31(11-9-30)35(33,34)21-5-3-4-18(12-21)13-25/h3-7,12,14-15,17,20H,2,8-11,16H2,1H3,(H,26,27,28). The van der Waals surface area contributed by atoms with Gasteiger partial charge in [-0.05, 0) is 30.7 Å². The van der Waals surface area contributed by atoms with E-state index < -0.39 is 10.0 Å². The molecule has 5 rings (SSSR count). The lowest BCUT2D eigenvalue weighted by molar-refractivity contribution is 0.160. The van der Waals surface area contributed by atoms with Crippen molar-refractivity contribution in [3.63, 3.8) is 0 Å². The first-order valence-electron chi connectivity index (χ1n) is 11.5. The van der Waals surface area contributed by atoms with E-state index in [2.05, 4.69) is 31.9 Å². The highest BCUT2D eigenvalue weighted by Gasteiger charge is 2.29. The molecule has 1 aliphatic heterocycles. The molecule has 11 heteroatoms. The van der Waals surface area contributed by atoms with Crippen LogP contribution in [-0.4, -0.2) is 75.1 Å². The van der Waals surface area contributed by atoms with Crippen LogP contribution < -0.4 is 0 Å². The molecule has 1 aromatic carbocycles. The molecule has 1 atom stereocenters. The van der Waals surface area contributed by atoms with Gasteiger partial charge in [-0.3, -0.25) is 9.58 Å². The largest absolute Gasteiger partial charge is 0.346 e. The third-order valence-corrected chi connectivity index (χ3v) is 8.37. The van der Waals surface area contributed by atoms with Gasteiger partial charge in [-0.25, -0.2) is 18.4 Å². The molecule has 1 aliphatic rings. The summed E-state index contributed by atoms with van der Waals surface area (Å²) in [7, 11) is -3.62. The zero-order valence-corrected chi connectivity index (χ0v) is 20.2. The van der Waals surface area contributed by atoms with Crippen LogP contribution in [0.5, 0.6) is 0 Å². The minimum absolute atomic E-state index is 0.155. The molecule has 0 bridgehead atoms. The molecule has 4 heterocycles. The average Bonchev–Trinajstić information content (AvgIpc) is 3.57. The Bertz CT molecular complexity index is 1480. The minimum Gasteiger partial charge on any atom is -0.346 e. The molecule has 0 radical (unpaired) electrons. The van der Waals surface area contributed by atoms with Gasteiger partial charge in [-0.1, -0.05) is 13.0 Å². The summed E-state index contributed by atoms with van der Waals surface area (Å²) in [6.45, 7) is 5.00. The van der Waals surface area contributed by atoms with Crippen molar-refractivity contribution in [2.75, 3.05) is 32.7 Å². The van der Waals surface area contributed by atoms with E-state index in [9.17, 15) is 8.42 Å². The van der Waals surface area contributed by atoms with Gasteiger partial charge in [0.05, 0.1) is 34.5 Å². The van der Waals surface area contributed by atoms with Gasteiger partial charge in [0.1, 0.15) is 12.0 Å². The van der Waals surface area contributed by atoms with Crippen molar-refractivity contribution in [2.45, 2.75) is 24.3 Å². The summed E-state index contributed by atoms with van der Waals surface area (Å²) in [6, 6.07) is 10.3. The molecular formula is C24H26N8O2S. The second-order valence-corrected chi connectivity index (χ2v) is 10.5. The van der Waals surface area contributed by atoms with Crippen LogP contribution in [0.3, 0.4) is 0 Å². The van der Waals surface area contributed by atoms with Crippen LogP contribution in [-0.2, 0) is 10.0 Å². The zero-order valence-electron chi connectivity index (χ0n) is 19.4. The predicted octanol–water partition coefficient (Wildman–Crippen LogP) is 2.65. The number of rotatable bonds is 7. The fourth-order valence-corrected chi connectivity index (χ4v) is 5.96. The number of nitrogens with zero attached hydrogens (tertiary/aromatic N) is 7. The molecule has 0 spiro atoms. The van der Waals surface area contributed by atoms with Crippen LogP contribution >= 0.6 is 0 Å². The van der Waals surface area contributed by atoms with Crippen LogP contribution in [0.25, 0.3) is 22.3 Å². The number of aromatic nitrogens is 5. The fourth-order valence-electron chi connectivity index (χ4n) is 4.49. The molecule has 3 aromatic heterocycles. The van der Waals surface area contributed by atoms with E-state index in [1.807, 2.05) is 35.4 Å². The number of H-pyrrole nitrogens is 1. The molecular weight excluding hydrogens is 464 g/mol. The molecule has 35 heavy (non-hydrogen) atoms. The van der Waals surface area contributed by atoms with Crippen molar-refractivity contribution in [3.05, 3.63) is 60.8 Å². The molecule has 180 valence electrons. The van der Waals surface area contributed by atoms with E-state index in [0.29, 0.717) is 31.7 Å². The Balaban J connectivity index is 1.25. The van der Waals surface area contributed by atoms with E-state index >= 15 is 0 Å².